The van der Waals surface area contributed by atoms with Crippen molar-refractivity contribution in [3.63, 3.8) is 0 Å². The monoisotopic (exact) mass is 502 g/mol. The molecule has 8 nitrogen and oxygen atoms in total. The summed E-state index contributed by atoms with van der Waals surface area (Å²) < 4.78 is 15.1. The quantitative estimate of drug-likeness (QED) is 0.279. The number of nitrogens with zero attached hydrogens (tertiary/aromatic N) is 5. The lowest BCUT2D eigenvalue weighted by atomic mass is 10.0. The smallest absolute Gasteiger partial charge is 0.228 e. The molecular formula is C30H26N6O2. The highest BCUT2D eigenvalue weighted by atomic mass is 16.5. The van der Waals surface area contributed by atoms with Crippen LogP contribution < -0.4 is 14.8 Å². The number of ether oxygens (including phenoxy) is 2. The van der Waals surface area contributed by atoms with Gasteiger partial charge in [0.2, 0.25) is 11.8 Å². The second-order valence-electron chi connectivity index (χ2n) is 8.75. The summed E-state index contributed by atoms with van der Waals surface area (Å²) >= 11 is 0. The maximum Gasteiger partial charge on any atom is 0.228 e. The maximum absolute atomic E-state index is 6.06. The van der Waals surface area contributed by atoms with E-state index >= 15 is 0 Å². The first-order valence-electron chi connectivity index (χ1n) is 12.2. The molecule has 0 saturated heterocycles. The normalized spacial score (nSPS) is 11.0. The van der Waals surface area contributed by atoms with Crippen molar-refractivity contribution in [2.75, 3.05) is 19.5 Å². The largest absolute Gasteiger partial charge is 0.497 e. The van der Waals surface area contributed by atoms with Crippen molar-refractivity contribution in [1.29, 1.82) is 0 Å². The van der Waals surface area contributed by atoms with Crippen LogP contribution in [0.3, 0.4) is 0 Å². The fraction of sp³-hybridized carbons (Fsp3) is 0.100. The number of methoxy groups -OCH3 is 2. The molecule has 0 atom stereocenters. The molecule has 3 heterocycles. The Hall–Kier alpha value is -5.11. The van der Waals surface area contributed by atoms with Crippen molar-refractivity contribution in [1.82, 2.24) is 24.1 Å². The van der Waals surface area contributed by atoms with Gasteiger partial charge in [-0.3, -0.25) is 0 Å². The van der Waals surface area contributed by atoms with Crippen LogP contribution >= 0.6 is 0 Å². The Morgan fingerprint density at radius 2 is 1.39 bits per heavy atom. The Balaban J connectivity index is 1.70. The highest BCUT2D eigenvalue weighted by Gasteiger charge is 2.25. The average molecular weight is 503 g/mol. The van der Waals surface area contributed by atoms with E-state index in [1.54, 1.807) is 24.9 Å². The molecule has 0 radical (unpaired) electrons. The fourth-order valence-electron chi connectivity index (χ4n) is 4.58. The van der Waals surface area contributed by atoms with E-state index < -0.39 is 0 Å². The van der Waals surface area contributed by atoms with Gasteiger partial charge in [-0.1, -0.05) is 72.8 Å². The zero-order chi connectivity index (χ0) is 26.1. The summed E-state index contributed by atoms with van der Waals surface area (Å²) in [6.07, 6.45) is 3.62. The predicted molar refractivity (Wildman–Crippen MR) is 149 cm³/mol. The van der Waals surface area contributed by atoms with Gasteiger partial charge in [0.15, 0.2) is 5.65 Å². The van der Waals surface area contributed by atoms with E-state index in [1.807, 2.05) is 78.5 Å². The lowest BCUT2D eigenvalue weighted by molar-refractivity contribution is 0.387. The van der Waals surface area contributed by atoms with E-state index in [4.69, 9.17) is 19.6 Å². The molecule has 0 aliphatic carbocycles. The summed E-state index contributed by atoms with van der Waals surface area (Å²) in [4.78, 5) is 9.64. The summed E-state index contributed by atoms with van der Waals surface area (Å²) in [7, 11) is 5.23. The third-order valence-electron chi connectivity index (χ3n) is 6.45. The Morgan fingerprint density at radius 3 is 2.00 bits per heavy atom. The van der Waals surface area contributed by atoms with Gasteiger partial charge in [0.1, 0.15) is 17.3 Å². The molecule has 188 valence electrons. The Bertz CT molecular complexity index is 1710. The van der Waals surface area contributed by atoms with Crippen molar-refractivity contribution in [3.05, 3.63) is 97.3 Å². The van der Waals surface area contributed by atoms with Crippen LogP contribution in [0.2, 0.25) is 0 Å². The summed E-state index contributed by atoms with van der Waals surface area (Å²) in [5, 5.41) is 8.49. The molecule has 38 heavy (non-hydrogen) atoms. The predicted octanol–water partition coefficient (Wildman–Crippen LogP) is 6.22. The standard InChI is InChI=1S/C30H26N6O2/c1-35-19-18-31-30(35)33-27-25(21-14-16-23(37-2)17-15-21)29(38-3)36-28(32-27)24(20-10-6-4-7-11-20)26(34-36)22-12-8-5-9-13-22/h4-19H,1-3H3,(H,31,32,33). The van der Waals surface area contributed by atoms with Gasteiger partial charge in [-0.25, -0.2) is 9.97 Å². The van der Waals surface area contributed by atoms with Crippen LogP contribution in [0, 0.1) is 0 Å². The summed E-state index contributed by atoms with van der Waals surface area (Å²) in [6, 6.07) is 28.1. The van der Waals surface area contributed by atoms with Gasteiger partial charge in [0.05, 0.1) is 25.3 Å². The van der Waals surface area contributed by atoms with Crippen molar-refractivity contribution < 1.29 is 9.47 Å². The van der Waals surface area contributed by atoms with E-state index in [9.17, 15) is 0 Å². The highest BCUT2D eigenvalue weighted by Crippen LogP contribution is 2.42. The van der Waals surface area contributed by atoms with Gasteiger partial charge in [0, 0.05) is 25.0 Å². The molecule has 6 aromatic rings. The first-order valence-corrected chi connectivity index (χ1v) is 12.2. The SMILES string of the molecule is COc1ccc(-c2c(Nc3nccn3C)nc3c(-c4ccccc4)c(-c4ccccc4)nn3c2OC)cc1. The van der Waals surface area contributed by atoms with Crippen LogP contribution in [0.15, 0.2) is 97.3 Å². The minimum absolute atomic E-state index is 0.552. The molecule has 0 amide bonds. The lowest BCUT2D eigenvalue weighted by Gasteiger charge is -2.16. The van der Waals surface area contributed by atoms with Crippen molar-refractivity contribution >= 4 is 17.4 Å². The third-order valence-corrected chi connectivity index (χ3v) is 6.45. The number of benzene rings is 3. The molecule has 0 aliphatic heterocycles. The molecule has 0 saturated carbocycles. The lowest BCUT2D eigenvalue weighted by Crippen LogP contribution is -2.07. The molecule has 0 fully saturated rings. The minimum atomic E-state index is 0.552. The average Bonchev–Trinajstić information content (AvgIpc) is 3.56. The number of aryl methyl sites for hydroxylation is 1. The number of aromatic nitrogens is 5. The van der Waals surface area contributed by atoms with Crippen LogP contribution in [0.25, 0.3) is 39.2 Å². The number of nitrogens with one attached hydrogen (secondary N) is 1. The molecule has 1 N–H and O–H groups in total. The topological polar surface area (TPSA) is 78.5 Å². The molecule has 3 aromatic carbocycles. The van der Waals surface area contributed by atoms with Crippen LogP contribution in [0.5, 0.6) is 11.6 Å². The van der Waals surface area contributed by atoms with Crippen molar-refractivity contribution in [3.8, 4) is 45.1 Å². The first kappa shape index (κ1) is 23.3. The highest BCUT2D eigenvalue weighted by molar-refractivity contribution is 5.93. The van der Waals surface area contributed by atoms with E-state index in [0.29, 0.717) is 23.3 Å². The molecular weight excluding hydrogens is 476 g/mol. The first-order chi connectivity index (χ1) is 18.7. The summed E-state index contributed by atoms with van der Waals surface area (Å²) in [5.74, 6) is 2.57. The molecule has 0 unspecified atom stereocenters. The second-order valence-corrected chi connectivity index (χ2v) is 8.75. The van der Waals surface area contributed by atoms with Gasteiger partial charge in [-0.05, 0) is 23.3 Å². The molecule has 6 rings (SSSR count). The van der Waals surface area contributed by atoms with E-state index in [2.05, 4.69) is 34.6 Å². The van der Waals surface area contributed by atoms with Crippen LogP contribution in [0.1, 0.15) is 0 Å². The van der Waals surface area contributed by atoms with Gasteiger partial charge in [-0.2, -0.15) is 9.61 Å². The number of hydrogen-bond donors (Lipinski definition) is 1. The number of fused-ring (bicyclic) bond motifs is 1. The van der Waals surface area contributed by atoms with E-state index in [-0.39, 0.29) is 0 Å². The second kappa shape index (κ2) is 9.74. The van der Waals surface area contributed by atoms with Crippen LogP contribution in [0.4, 0.5) is 11.8 Å². The number of hydrogen-bond acceptors (Lipinski definition) is 6. The number of imidazole rings is 1. The maximum atomic E-state index is 6.06. The Morgan fingerprint density at radius 1 is 0.737 bits per heavy atom. The number of anilines is 2. The molecule has 3 aromatic heterocycles. The van der Waals surface area contributed by atoms with Gasteiger partial charge < -0.3 is 19.4 Å². The molecule has 8 heteroatoms. The van der Waals surface area contributed by atoms with Crippen LogP contribution in [-0.4, -0.2) is 38.4 Å². The van der Waals surface area contributed by atoms with Crippen LogP contribution in [-0.2, 0) is 7.05 Å². The summed E-state index contributed by atoms with van der Waals surface area (Å²) in [6.45, 7) is 0. The summed E-state index contributed by atoms with van der Waals surface area (Å²) in [5.41, 5.74) is 6.05. The van der Waals surface area contributed by atoms with Gasteiger partial charge >= 0.3 is 0 Å². The van der Waals surface area contributed by atoms with E-state index in [0.717, 1.165) is 39.3 Å². The van der Waals surface area contributed by atoms with E-state index in [1.165, 1.54) is 0 Å². The molecule has 0 spiro atoms. The minimum Gasteiger partial charge on any atom is -0.497 e. The zero-order valence-corrected chi connectivity index (χ0v) is 21.3. The van der Waals surface area contributed by atoms with Crippen molar-refractivity contribution in [2.24, 2.45) is 7.05 Å². The van der Waals surface area contributed by atoms with Crippen molar-refractivity contribution in [2.45, 2.75) is 0 Å². The van der Waals surface area contributed by atoms with Gasteiger partial charge in [0.25, 0.3) is 0 Å². The molecule has 0 aliphatic rings. The Labute approximate surface area is 220 Å². The molecule has 0 bridgehead atoms. The fourth-order valence-corrected chi connectivity index (χ4v) is 4.58. The van der Waals surface area contributed by atoms with Gasteiger partial charge in [-0.15, -0.1) is 0 Å². The zero-order valence-electron chi connectivity index (χ0n) is 21.3. The third kappa shape index (κ3) is 4.02. The number of rotatable bonds is 7. The Kier molecular flexibility index (Phi) is 5.97.